The van der Waals surface area contributed by atoms with Gasteiger partial charge in [-0.05, 0) is 0 Å². The molecule has 0 aliphatic rings. The van der Waals surface area contributed by atoms with E-state index in [-0.39, 0.29) is 0 Å². The lowest BCUT2D eigenvalue weighted by Gasteiger charge is -2.23. The molecule has 5 nitrogen and oxygen atoms in total. The van der Waals surface area contributed by atoms with Crippen LogP contribution in [0.25, 0.3) is 0 Å². The van der Waals surface area contributed by atoms with Crippen LogP contribution in [0, 0.1) is 0 Å². The Kier molecular flexibility index (Phi) is 5.03. The third-order valence-electron chi connectivity index (χ3n) is 1.52. The molecule has 0 saturated carbocycles. The first kappa shape index (κ1) is 11.5. The molecule has 72 valence electrons. The molecule has 0 rings (SSSR count). The SMILES string of the molecule is C=C[C@@H](O)[C@H](O)[C@@H](O)[C@H](O)CO. The van der Waals surface area contributed by atoms with E-state index >= 15 is 0 Å². The number of aliphatic hydroxyl groups is 5. The standard InChI is InChI=1S/C7H14O5/c1-2-4(9)6(11)7(12)5(10)3-8/h2,4-12H,1,3H2/t4-,5-,6+,7+/m1/s1. The van der Waals surface area contributed by atoms with E-state index < -0.39 is 31.0 Å². The number of hydrogen-bond acceptors (Lipinski definition) is 5. The van der Waals surface area contributed by atoms with Crippen LogP contribution in [-0.4, -0.2) is 56.6 Å². The smallest absolute Gasteiger partial charge is 0.112 e. The van der Waals surface area contributed by atoms with Gasteiger partial charge >= 0.3 is 0 Å². The third kappa shape index (κ3) is 2.88. The van der Waals surface area contributed by atoms with Gasteiger partial charge in [0.25, 0.3) is 0 Å². The largest absolute Gasteiger partial charge is 0.394 e. The maximum atomic E-state index is 9.05. The monoisotopic (exact) mass is 178 g/mol. The molecule has 0 aliphatic carbocycles. The van der Waals surface area contributed by atoms with Gasteiger partial charge < -0.3 is 25.5 Å². The van der Waals surface area contributed by atoms with Gasteiger partial charge in [0.2, 0.25) is 0 Å². The summed E-state index contributed by atoms with van der Waals surface area (Å²) >= 11 is 0. The highest BCUT2D eigenvalue weighted by Gasteiger charge is 2.28. The number of rotatable bonds is 5. The maximum Gasteiger partial charge on any atom is 0.112 e. The normalized spacial score (nSPS) is 21.1. The highest BCUT2D eigenvalue weighted by molar-refractivity contribution is 4.90. The molecule has 0 heterocycles. The maximum absolute atomic E-state index is 9.05. The van der Waals surface area contributed by atoms with Crippen LogP contribution in [0.1, 0.15) is 0 Å². The zero-order valence-corrected chi connectivity index (χ0v) is 6.54. The van der Waals surface area contributed by atoms with Crippen molar-refractivity contribution in [3.05, 3.63) is 12.7 Å². The minimum atomic E-state index is -1.58. The molecule has 0 spiro atoms. The summed E-state index contributed by atoms with van der Waals surface area (Å²) < 4.78 is 0. The van der Waals surface area contributed by atoms with Crippen LogP contribution < -0.4 is 0 Å². The molecule has 0 fully saturated rings. The van der Waals surface area contributed by atoms with Crippen LogP contribution in [-0.2, 0) is 0 Å². The number of hydrogen-bond donors (Lipinski definition) is 5. The zero-order chi connectivity index (χ0) is 9.72. The van der Waals surface area contributed by atoms with E-state index in [1.807, 2.05) is 0 Å². The van der Waals surface area contributed by atoms with Gasteiger partial charge in [0.05, 0.1) is 6.61 Å². The van der Waals surface area contributed by atoms with Crippen molar-refractivity contribution in [1.29, 1.82) is 0 Å². The summed E-state index contributed by atoms with van der Waals surface area (Å²) in [6, 6.07) is 0. The van der Waals surface area contributed by atoms with Gasteiger partial charge in [-0.2, -0.15) is 0 Å². The third-order valence-corrected chi connectivity index (χ3v) is 1.52. The molecule has 0 bridgehead atoms. The summed E-state index contributed by atoms with van der Waals surface area (Å²) in [6.45, 7) is 2.51. The van der Waals surface area contributed by atoms with Crippen molar-refractivity contribution in [3.8, 4) is 0 Å². The summed E-state index contributed by atoms with van der Waals surface area (Å²) in [5.74, 6) is 0. The second-order valence-electron chi connectivity index (χ2n) is 2.46. The first-order valence-electron chi connectivity index (χ1n) is 3.50. The topological polar surface area (TPSA) is 101 Å². The van der Waals surface area contributed by atoms with E-state index in [0.29, 0.717) is 0 Å². The molecular weight excluding hydrogens is 164 g/mol. The Morgan fingerprint density at radius 3 is 1.92 bits per heavy atom. The lowest BCUT2D eigenvalue weighted by atomic mass is 10.0. The lowest BCUT2D eigenvalue weighted by Crippen LogP contribution is -2.45. The van der Waals surface area contributed by atoms with Crippen molar-refractivity contribution in [1.82, 2.24) is 0 Å². The van der Waals surface area contributed by atoms with Gasteiger partial charge in [-0.25, -0.2) is 0 Å². The molecular formula is C7H14O5. The second-order valence-corrected chi connectivity index (χ2v) is 2.46. The first-order chi connectivity index (χ1) is 5.54. The molecule has 0 aromatic rings. The molecule has 0 radical (unpaired) electrons. The summed E-state index contributed by atoms with van der Waals surface area (Å²) in [4.78, 5) is 0. The molecule has 0 aliphatic heterocycles. The molecule has 0 saturated heterocycles. The predicted octanol–water partition coefficient (Wildman–Crippen LogP) is -2.39. The van der Waals surface area contributed by atoms with Crippen molar-refractivity contribution in [2.45, 2.75) is 24.4 Å². The Labute approximate surface area is 70.2 Å². The quantitative estimate of drug-likeness (QED) is 0.302. The predicted molar refractivity (Wildman–Crippen MR) is 41.3 cm³/mol. The van der Waals surface area contributed by atoms with E-state index in [2.05, 4.69) is 6.58 Å². The minimum Gasteiger partial charge on any atom is -0.394 e. The van der Waals surface area contributed by atoms with E-state index in [0.717, 1.165) is 6.08 Å². The van der Waals surface area contributed by atoms with Gasteiger partial charge in [0.15, 0.2) is 0 Å². The Morgan fingerprint density at radius 1 is 1.08 bits per heavy atom. The van der Waals surface area contributed by atoms with Crippen molar-refractivity contribution >= 4 is 0 Å². The Balaban J connectivity index is 4.07. The fourth-order valence-corrected chi connectivity index (χ4v) is 0.677. The van der Waals surface area contributed by atoms with E-state index in [9.17, 15) is 0 Å². The molecule has 0 aromatic carbocycles. The molecule has 5 heteroatoms. The average molecular weight is 178 g/mol. The van der Waals surface area contributed by atoms with Gasteiger partial charge in [-0.3, -0.25) is 0 Å². The lowest BCUT2D eigenvalue weighted by molar-refractivity contribution is -0.104. The summed E-state index contributed by atoms with van der Waals surface area (Å²) in [5.41, 5.74) is 0. The van der Waals surface area contributed by atoms with E-state index in [1.165, 1.54) is 0 Å². The van der Waals surface area contributed by atoms with Gasteiger partial charge in [-0.15, -0.1) is 6.58 Å². The first-order valence-corrected chi connectivity index (χ1v) is 3.50. The van der Waals surface area contributed by atoms with Gasteiger partial charge in [0.1, 0.15) is 24.4 Å². The highest BCUT2D eigenvalue weighted by atomic mass is 16.4. The fraction of sp³-hybridized carbons (Fsp3) is 0.714. The van der Waals surface area contributed by atoms with Crippen LogP contribution in [0.3, 0.4) is 0 Å². The summed E-state index contributed by atoms with van der Waals surface area (Å²) in [7, 11) is 0. The van der Waals surface area contributed by atoms with E-state index in [1.54, 1.807) is 0 Å². The van der Waals surface area contributed by atoms with Crippen LogP contribution in [0.15, 0.2) is 12.7 Å². The Morgan fingerprint density at radius 2 is 1.58 bits per heavy atom. The Hall–Kier alpha value is -0.460. The van der Waals surface area contributed by atoms with Crippen LogP contribution in [0.5, 0.6) is 0 Å². The van der Waals surface area contributed by atoms with Gasteiger partial charge in [-0.1, -0.05) is 6.08 Å². The molecule has 0 amide bonds. The van der Waals surface area contributed by atoms with Crippen LogP contribution >= 0.6 is 0 Å². The molecule has 0 unspecified atom stereocenters. The molecule has 5 N–H and O–H groups in total. The molecule has 12 heavy (non-hydrogen) atoms. The average Bonchev–Trinajstić information content (AvgIpc) is 2.12. The zero-order valence-electron chi connectivity index (χ0n) is 6.54. The van der Waals surface area contributed by atoms with Crippen LogP contribution in [0.4, 0.5) is 0 Å². The molecule has 0 aromatic heterocycles. The molecule has 4 atom stereocenters. The Bertz CT molecular complexity index is 138. The minimum absolute atomic E-state index is 0.678. The second kappa shape index (κ2) is 5.23. The summed E-state index contributed by atoms with van der Waals surface area (Å²) in [5, 5.41) is 44.2. The van der Waals surface area contributed by atoms with Crippen molar-refractivity contribution < 1.29 is 25.5 Å². The fourth-order valence-electron chi connectivity index (χ4n) is 0.677. The van der Waals surface area contributed by atoms with Crippen molar-refractivity contribution in [2.24, 2.45) is 0 Å². The van der Waals surface area contributed by atoms with Crippen LogP contribution in [0.2, 0.25) is 0 Å². The number of aliphatic hydroxyl groups excluding tert-OH is 5. The van der Waals surface area contributed by atoms with Crippen molar-refractivity contribution in [2.75, 3.05) is 6.61 Å². The summed E-state index contributed by atoms with van der Waals surface area (Å²) in [6.07, 6.45) is -4.87. The highest BCUT2D eigenvalue weighted by Crippen LogP contribution is 2.04. The van der Waals surface area contributed by atoms with E-state index in [4.69, 9.17) is 25.5 Å². The van der Waals surface area contributed by atoms with Crippen molar-refractivity contribution in [3.63, 3.8) is 0 Å². The van der Waals surface area contributed by atoms with Gasteiger partial charge in [0, 0.05) is 0 Å².